The van der Waals surface area contributed by atoms with E-state index in [-0.39, 0.29) is 18.0 Å². The van der Waals surface area contributed by atoms with Gasteiger partial charge in [-0.1, -0.05) is 42.5 Å². The number of nitrogens with one attached hydrogen (secondary N) is 1. The monoisotopic (exact) mass is 386 g/mol. The van der Waals surface area contributed by atoms with Crippen molar-refractivity contribution in [1.82, 2.24) is 24.5 Å². The van der Waals surface area contributed by atoms with Crippen molar-refractivity contribution in [2.24, 2.45) is 0 Å². The SMILES string of the molecule is O=C(Cn1nc(-c2ccccc2)ccc1=O)Nc1ccc(Cn2cncn2)cc1. The highest BCUT2D eigenvalue weighted by Gasteiger charge is 2.08. The third-order valence-corrected chi connectivity index (χ3v) is 4.28. The van der Waals surface area contributed by atoms with Crippen molar-refractivity contribution >= 4 is 11.6 Å². The molecular weight excluding hydrogens is 368 g/mol. The minimum atomic E-state index is -0.331. The topological polar surface area (TPSA) is 94.7 Å². The predicted molar refractivity (Wildman–Crippen MR) is 108 cm³/mol. The normalized spacial score (nSPS) is 10.6. The molecule has 0 aliphatic carbocycles. The van der Waals surface area contributed by atoms with Crippen LogP contribution >= 0.6 is 0 Å². The highest BCUT2D eigenvalue weighted by atomic mass is 16.2. The van der Waals surface area contributed by atoms with Crippen LogP contribution in [-0.4, -0.2) is 30.5 Å². The van der Waals surface area contributed by atoms with Gasteiger partial charge in [0.05, 0.1) is 12.2 Å². The molecule has 0 saturated heterocycles. The first-order valence-corrected chi connectivity index (χ1v) is 9.02. The molecule has 0 saturated carbocycles. The lowest BCUT2D eigenvalue weighted by atomic mass is 10.1. The fourth-order valence-electron chi connectivity index (χ4n) is 2.86. The van der Waals surface area contributed by atoms with Gasteiger partial charge in [-0.2, -0.15) is 10.2 Å². The van der Waals surface area contributed by atoms with E-state index in [2.05, 4.69) is 20.5 Å². The van der Waals surface area contributed by atoms with Crippen LogP contribution in [-0.2, 0) is 17.9 Å². The molecule has 0 unspecified atom stereocenters. The summed E-state index contributed by atoms with van der Waals surface area (Å²) in [5, 5.41) is 11.2. The molecule has 0 bridgehead atoms. The summed E-state index contributed by atoms with van der Waals surface area (Å²) in [5.74, 6) is -0.325. The summed E-state index contributed by atoms with van der Waals surface area (Å²) in [7, 11) is 0. The Morgan fingerprint density at radius 1 is 0.966 bits per heavy atom. The Labute approximate surface area is 166 Å². The van der Waals surface area contributed by atoms with Crippen molar-refractivity contribution < 1.29 is 4.79 Å². The van der Waals surface area contributed by atoms with Gasteiger partial charge in [-0.3, -0.25) is 9.59 Å². The zero-order valence-electron chi connectivity index (χ0n) is 15.5. The number of hydrogen-bond donors (Lipinski definition) is 1. The van der Waals surface area contributed by atoms with Crippen LogP contribution < -0.4 is 10.9 Å². The third-order valence-electron chi connectivity index (χ3n) is 4.28. The fraction of sp³-hybridized carbons (Fsp3) is 0.0952. The average molecular weight is 386 g/mol. The molecule has 0 fully saturated rings. The average Bonchev–Trinajstić information content (AvgIpc) is 3.25. The Morgan fingerprint density at radius 2 is 1.76 bits per heavy atom. The fourth-order valence-corrected chi connectivity index (χ4v) is 2.86. The molecule has 29 heavy (non-hydrogen) atoms. The Balaban J connectivity index is 1.42. The molecule has 0 aliphatic rings. The maximum Gasteiger partial charge on any atom is 0.267 e. The maximum absolute atomic E-state index is 12.4. The number of anilines is 1. The highest BCUT2D eigenvalue weighted by Crippen LogP contribution is 2.14. The Morgan fingerprint density at radius 3 is 2.48 bits per heavy atom. The molecule has 2 aromatic carbocycles. The van der Waals surface area contributed by atoms with E-state index in [1.807, 2.05) is 42.5 Å². The highest BCUT2D eigenvalue weighted by molar-refractivity contribution is 5.90. The molecule has 8 heteroatoms. The maximum atomic E-state index is 12.4. The van der Waals surface area contributed by atoms with E-state index in [4.69, 9.17) is 0 Å². The van der Waals surface area contributed by atoms with E-state index >= 15 is 0 Å². The van der Waals surface area contributed by atoms with Gasteiger partial charge in [-0.05, 0) is 23.8 Å². The predicted octanol–water partition coefficient (Wildman–Crippen LogP) is 2.19. The smallest absolute Gasteiger partial charge is 0.267 e. The van der Waals surface area contributed by atoms with E-state index in [0.29, 0.717) is 17.9 Å². The van der Waals surface area contributed by atoms with E-state index in [1.54, 1.807) is 29.2 Å². The van der Waals surface area contributed by atoms with Crippen LogP contribution in [0.3, 0.4) is 0 Å². The van der Waals surface area contributed by atoms with E-state index in [9.17, 15) is 9.59 Å². The number of carbonyl (C=O) groups is 1. The van der Waals surface area contributed by atoms with Gasteiger partial charge >= 0.3 is 0 Å². The van der Waals surface area contributed by atoms with Gasteiger partial charge in [0.2, 0.25) is 5.91 Å². The summed E-state index contributed by atoms with van der Waals surface area (Å²) >= 11 is 0. The molecule has 4 rings (SSSR count). The first-order chi connectivity index (χ1) is 14.2. The number of nitrogens with zero attached hydrogens (tertiary/aromatic N) is 5. The van der Waals surface area contributed by atoms with Crippen LogP contribution in [0.5, 0.6) is 0 Å². The molecule has 2 aromatic heterocycles. The molecule has 1 amide bonds. The molecule has 144 valence electrons. The van der Waals surface area contributed by atoms with Gasteiger partial charge in [0.1, 0.15) is 19.2 Å². The molecule has 0 atom stereocenters. The number of hydrogen-bond acceptors (Lipinski definition) is 5. The van der Waals surface area contributed by atoms with E-state index < -0.39 is 0 Å². The van der Waals surface area contributed by atoms with Gasteiger partial charge in [0.15, 0.2) is 0 Å². The van der Waals surface area contributed by atoms with Crippen LogP contribution in [0.1, 0.15) is 5.56 Å². The van der Waals surface area contributed by atoms with Gasteiger partial charge in [-0.15, -0.1) is 0 Å². The summed E-state index contributed by atoms with van der Waals surface area (Å²) < 4.78 is 2.88. The number of benzene rings is 2. The summed E-state index contributed by atoms with van der Waals surface area (Å²) in [5.41, 5.74) is 2.86. The Hall–Kier alpha value is -4.07. The second-order valence-corrected chi connectivity index (χ2v) is 6.42. The van der Waals surface area contributed by atoms with Gasteiger partial charge in [0, 0.05) is 17.3 Å². The quantitative estimate of drug-likeness (QED) is 0.548. The second-order valence-electron chi connectivity index (χ2n) is 6.42. The summed E-state index contributed by atoms with van der Waals surface area (Å²) in [4.78, 5) is 28.4. The molecule has 4 aromatic rings. The van der Waals surface area contributed by atoms with E-state index in [0.717, 1.165) is 15.8 Å². The number of rotatable bonds is 6. The van der Waals surface area contributed by atoms with Crippen molar-refractivity contribution in [3.8, 4) is 11.3 Å². The van der Waals surface area contributed by atoms with Crippen LogP contribution in [0.2, 0.25) is 0 Å². The van der Waals surface area contributed by atoms with E-state index in [1.165, 1.54) is 12.4 Å². The zero-order chi connectivity index (χ0) is 20.1. The van der Waals surface area contributed by atoms with Gasteiger partial charge < -0.3 is 5.32 Å². The molecule has 1 N–H and O–H groups in total. The van der Waals surface area contributed by atoms with Gasteiger partial charge in [-0.25, -0.2) is 14.3 Å². The molecule has 2 heterocycles. The van der Waals surface area contributed by atoms with Crippen molar-refractivity contribution in [2.75, 3.05) is 5.32 Å². The first kappa shape index (κ1) is 18.3. The lowest BCUT2D eigenvalue weighted by Crippen LogP contribution is -2.29. The first-order valence-electron chi connectivity index (χ1n) is 9.02. The number of carbonyl (C=O) groups excluding carboxylic acids is 1. The van der Waals surface area contributed by atoms with Crippen molar-refractivity contribution in [3.63, 3.8) is 0 Å². The van der Waals surface area contributed by atoms with Crippen LogP contribution in [0.4, 0.5) is 5.69 Å². The third kappa shape index (κ3) is 4.62. The molecular formula is C21H18N6O2. The largest absolute Gasteiger partial charge is 0.324 e. The summed E-state index contributed by atoms with van der Waals surface area (Å²) in [6.45, 7) is 0.431. The van der Waals surface area contributed by atoms with Crippen LogP contribution in [0, 0.1) is 0 Å². The summed E-state index contributed by atoms with van der Waals surface area (Å²) in [6, 6.07) is 20.0. The lowest BCUT2D eigenvalue weighted by Gasteiger charge is -2.09. The molecule has 8 nitrogen and oxygen atoms in total. The van der Waals surface area contributed by atoms with Crippen molar-refractivity contribution in [3.05, 3.63) is 95.3 Å². The molecule has 0 radical (unpaired) electrons. The van der Waals surface area contributed by atoms with Crippen LogP contribution in [0.25, 0.3) is 11.3 Å². The Bertz CT molecular complexity index is 1150. The standard InChI is InChI=1S/C21H18N6O2/c28-20(24-18-8-6-16(7-9-18)12-26-15-22-14-23-26)13-27-21(29)11-10-19(25-27)17-4-2-1-3-5-17/h1-11,14-15H,12-13H2,(H,24,28). The van der Waals surface area contributed by atoms with Crippen LogP contribution in [0.15, 0.2) is 84.2 Å². The van der Waals surface area contributed by atoms with Crippen molar-refractivity contribution in [2.45, 2.75) is 13.1 Å². The molecule has 0 aliphatic heterocycles. The summed E-state index contributed by atoms with van der Waals surface area (Å²) in [6.07, 6.45) is 3.13. The lowest BCUT2D eigenvalue weighted by molar-refractivity contribution is -0.117. The minimum absolute atomic E-state index is 0.166. The van der Waals surface area contributed by atoms with Gasteiger partial charge in [0.25, 0.3) is 5.56 Å². The zero-order valence-corrected chi connectivity index (χ0v) is 15.5. The van der Waals surface area contributed by atoms with Crippen molar-refractivity contribution in [1.29, 1.82) is 0 Å². The Kier molecular flexibility index (Phi) is 5.24. The second kappa shape index (κ2) is 8.30. The minimum Gasteiger partial charge on any atom is -0.324 e. The number of aromatic nitrogens is 5. The molecule has 0 spiro atoms. The number of amides is 1.